The van der Waals surface area contributed by atoms with E-state index in [-0.39, 0.29) is 56.4 Å². The van der Waals surface area contributed by atoms with Gasteiger partial charge < -0.3 is 14.2 Å². The van der Waals surface area contributed by atoms with Crippen molar-refractivity contribution in [1.82, 2.24) is 19.1 Å². The van der Waals surface area contributed by atoms with Gasteiger partial charge in [-0.05, 0) is 86.9 Å². The van der Waals surface area contributed by atoms with E-state index in [1.807, 2.05) is 24.4 Å². The molecular weight excluding hydrogens is 928 g/mol. The van der Waals surface area contributed by atoms with Crippen molar-refractivity contribution in [2.75, 3.05) is 0 Å². The van der Waals surface area contributed by atoms with E-state index in [0.717, 1.165) is 28.3 Å². The average Bonchev–Trinajstić information content (AvgIpc) is 3.87. The van der Waals surface area contributed by atoms with Crippen LogP contribution < -0.4 is 0 Å². The number of aromatic nitrogens is 4. The molecule has 0 spiro atoms. The molecule has 312 valence electrons. The molecule has 1 aliphatic rings. The molecule has 1 atom stereocenters. The number of para-hydroxylation sites is 1. The Morgan fingerprint density at radius 1 is 0.639 bits per heavy atom. The number of allylic oxidation sites excluding steroid dienone is 6. The number of hydrogen-bond donors (Lipinski definition) is 1. The Kier molecular flexibility index (Phi) is 13.1. The summed E-state index contributed by atoms with van der Waals surface area (Å²) in [5, 5.41) is 11.3. The maximum atomic E-state index is 11.3. The van der Waals surface area contributed by atoms with Crippen LogP contribution in [0.15, 0.2) is 163 Å². The van der Waals surface area contributed by atoms with Gasteiger partial charge in [-0.3, -0.25) is 9.97 Å². The molecule has 0 fully saturated rings. The van der Waals surface area contributed by atoms with Crippen LogP contribution >= 0.6 is 0 Å². The Morgan fingerprint density at radius 3 is 1.92 bits per heavy atom. The minimum Gasteiger partial charge on any atom is -0.507 e. The number of nitrogens with zero attached hydrogens (tertiary/aromatic N) is 4. The molecule has 0 saturated heterocycles. The van der Waals surface area contributed by atoms with Gasteiger partial charge in [-0.1, -0.05) is 158 Å². The van der Waals surface area contributed by atoms with Crippen molar-refractivity contribution >= 4 is 5.70 Å². The summed E-state index contributed by atoms with van der Waals surface area (Å²) in [6.45, 7) is 18.1. The summed E-state index contributed by atoms with van der Waals surface area (Å²) < 4.78 is 4.46. The number of aromatic hydroxyl groups is 1. The van der Waals surface area contributed by atoms with E-state index in [0.29, 0.717) is 11.4 Å². The molecule has 1 aliphatic carbocycles. The summed E-state index contributed by atoms with van der Waals surface area (Å²) in [6, 6.07) is 43.5. The maximum Gasteiger partial charge on any atom is 0.140 e. The number of phenols is 1. The van der Waals surface area contributed by atoms with Crippen molar-refractivity contribution in [3.05, 3.63) is 186 Å². The number of rotatable bonds is 11. The van der Waals surface area contributed by atoms with Crippen molar-refractivity contribution in [3.8, 4) is 56.6 Å². The number of hydrogen-bond acceptors (Lipinski definition) is 3. The Hall–Kier alpha value is -5.77. The van der Waals surface area contributed by atoms with E-state index in [1.54, 1.807) is 6.07 Å². The molecule has 2 aromatic heterocycles. The zero-order valence-corrected chi connectivity index (χ0v) is 38.6. The third-order valence-electron chi connectivity index (χ3n) is 11.6. The number of benzene rings is 5. The number of imidazole rings is 2. The smallest absolute Gasteiger partial charge is 0.140 e. The molecule has 61 heavy (non-hydrogen) atoms. The first-order valence-corrected chi connectivity index (χ1v) is 21.4. The topological polar surface area (TPSA) is 55.9 Å². The van der Waals surface area contributed by atoms with E-state index in [2.05, 4.69) is 192 Å². The molecule has 0 aliphatic heterocycles. The molecule has 0 bridgehead atoms. The van der Waals surface area contributed by atoms with Gasteiger partial charge in [0.1, 0.15) is 11.6 Å². The van der Waals surface area contributed by atoms with Gasteiger partial charge in [-0.25, -0.2) is 0 Å². The second kappa shape index (κ2) is 18.5. The van der Waals surface area contributed by atoms with Gasteiger partial charge in [0.25, 0.3) is 0 Å². The maximum absolute atomic E-state index is 11.3. The van der Waals surface area contributed by atoms with Crippen LogP contribution in [0.2, 0.25) is 0 Å². The van der Waals surface area contributed by atoms with E-state index in [9.17, 15) is 5.11 Å². The molecule has 8 rings (SSSR count). The van der Waals surface area contributed by atoms with Crippen molar-refractivity contribution in [2.45, 2.75) is 73.1 Å². The van der Waals surface area contributed by atoms with Crippen LogP contribution in [-0.4, -0.2) is 24.2 Å². The van der Waals surface area contributed by atoms with E-state index in [4.69, 9.17) is 9.97 Å². The fourth-order valence-electron chi connectivity index (χ4n) is 8.47. The van der Waals surface area contributed by atoms with Crippen molar-refractivity contribution in [3.63, 3.8) is 0 Å². The average molecular weight is 983 g/mol. The summed E-state index contributed by atoms with van der Waals surface area (Å²) in [5.74, 6) is 2.83. The molecule has 7 aromatic rings. The summed E-state index contributed by atoms with van der Waals surface area (Å²) in [4.78, 5) is 10.3. The second-order valence-electron chi connectivity index (χ2n) is 17.1. The van der Waals surface area contributed by atoms with Crippen LogP contribution in [0.3, 0.4) is 0 Å². The van der Waals surface area contributed by atoms with Gasteiger partial charge in [-0.15, -0.1) is 24.3 Å². The monoisotopic (exact) mass is 982 g/mol. The van der Waals surface area contributed by atoms with Crippen molar-refractivity contribution in [2.24, 2.45) is 11.8 Å². The van der Waals surface area contributed by atoms with Crippen LogP contribution in [0.5, 0.6) is 5.75 Å². The SMILES string of the molecule is CC(C)C1=CC(c2ccccc2)C=CC(C(C)C)=C1n1ccnc1-c1[c-]c(-c2cn(-c3c(C(C)C)cc(-c4ccccc4)cc3C(C)C)c(-c3ccccc3O)n2)ccc1.[Pt]. The minimum absolute atomic E-state index is 0. The summed E-state index contributed by atoms with van der Waals surface area (Å²) >= 11 is 0. The molecule has 2 heterocycles. The Labute approximate surface area is 376 Å². The Balaban J connectivity index is 0.00000561. The van der Waals surface area contributed by atoms with Crippen molar-refractivity contribution in [1.29, 1.82) is 0 Å². The minimum atomic E-state index is 0. The molecule has 1 unspecified atom stereocenters. The van der Waals surface area contributed by atoms with Gasteiger partial charge in [-0.2, -0.15) is 0 Å². The van der Waals surface area contributed by atoms with Crippen molar-refractivity contribution < 1.29 is 26.2 Å². The fraction of sp³-hybridized carbons (Fsp3) is 0.236. The molecule has 5 aromatic carbocycles. The van der Waals surface area contributed by atoms with Crippen LogP contribution in [0, 0.1) is 17.9 Å². The Morgan fingerprint density at radius 2 is 1.28 bits per heavy atom. The standard InChI is InChI=1S/C55H55N4O.Pt/c1-35(2)45-27-26-41(39-18-11-9-12-19-39)31-47(36(3)4)52(45)58-29-28-56-54(58)43-23-17-22-42(30-43)50-34-59(55(57-50)46-24-15-16-25-51(46)60)53-48(37(5)6)32-44(33-49(53)38(7)8)40-20-13-10-14-21-40;/h9-29,31-38,41,60H,1-8H3;/q-1;. The predicted octanol–water partition coefficient (Wildman–Crippen LogP) is 14.3. The van der Waals surface area contributed by atoms with Crippen LogP contribution in [-0.2, 0) is 21.1 Å². The third-order valence-corrected chi connectivity index (χ3v) is 11.6. The van der Waals surface area contributed by atoms with E-state index >= 15 is 0 Å². The normalized spacial score (nSPS) is 14.2. The zero-order valence-electron chi connectivity index (χ0n) is 36.4. The second-order valence-corrected chi connectivity index (χ2v) is 17.1. The molecule has 0 amide bonds. The first-order valence-electron chi connectivity index (χ1n) is 21.4. The van der Waals surface area contributed by atoms with Crippen LogP contribution in [0.1, 0.15) is 89.8 Å². The molecule has 1 N–H and O–H groups in total. The third kappa shape index (κ3) is 8.72. The zero-order chi connectivity index (χ0) is 42.1. The molecule has 0 radical (unpaired) electrons. The quantitative estimate of drug-likeness (QED) is 0.131. The fourth-order valence-corrected chi connectivity index (χ4v) is 8.47. The van der Waals surface area contributed by atoms with E-state index < -0.39 is 0 Å². The summed E-state index contributed by atoms with van der Waals surface area (Å²) in [5.41, 5.74) is 14.1. The molecular formula is C55H55N4OPt-. The van der Waals surface area contributed by atoms with Crippen LogP contribution in [0.4, 0.5) is 0 Å². The molecule has 0 saturated carbocycles. The van der Waals surface area contributed by atoms with E-state index in [1.165, 1.54) is 44.7 Å². The Bertz CT molecular complexity index is 2700. The molecule has 5 nitrogen and oxygen atoms in total. The first-order chi connectivity index (χ1) is 29.0. The first kappa shape index (κ1) is 43.3. The van der Waals surface area contributed by atoms with Gasteiger partial charge >= 0.3 is 0 Å². The molecule has 6 heteroatoms. The van der Waals surface area contributed by atoms with Gasteiger partial charge in [0.2, 0.25) is 0 Å². The predicted molar refractivity (Wildman–Crippen MR) is 249 cm³/mol. The summed E-state index contributed by atoms with van der Waals surface area (Å²) in [6.07, 6.45) is 13.2. The van der Waals surface area contributed by atoms with Gasteiger partial charge in [0.15, 0.2) is 0 Å². The van der Waals surface area contributed by atoms with Crippen LogP contribution in [0.25, 0.3) is 56.5 Å². The van der Waals surface area contributed by atoms with Gasteiger partial charge in [0.05, 0.1) is 17.1 Å². The van der Waals surface area contributed by atoms with Gasteiger partial charge in [0, 0.05) is 57.0 Å². The largest absolute Gasteiger partial charge is 0.507 e. The number of phenolic OH excluding ortho intramolecular Hbond substituents is 1. The summed E-state index contributed by atoms with van der Waals surface area (Å²) in [7, 11) is 0.